The van der Waals surface area contributed by atoms with E-state index in [-0.39, 0.29) is 0 Å². The maximum Gasteiger partial charge on any atom is 0.122 e. The third-order valence-corrected chi connectivity index (χ3v) is 4.07. The van der Waals surface area contributed by atoms with E-state index in [1.54, 1.807) is 7.11 Å². The van der Waals surface area contributed by atoms with Crippen LogP contribution in [0.4, 0.5) is 0 Å². The Morgan fingerprint density at radius 2 is 2.15 bits per heavy atom. The van der Waals surface area contributed by atoms with Gasteiger partial charge in [-0.05, 0) is 30.4 Å². The lowest BCUT2D eigenvalue weighted by Crippen LogP contribution is -2.39. The second kappa shape index (κ2) is 5.67. The van der Waals surface area contributed by atoms with Gasteiger partial charge in [0.2, 0.25) is 0 Å². The molecule has 0 atom stereocenters. The highest BCUT2D eigenvalue weighted by Gasteiger charge is 2.31. The van der Waals surface area contributed by atoms with Gasteiger partial charge < -0.3 is 10.1 Å². The Hall–Kier alpha value is -1.81. The summed E-state index contributed by atoms with van der Waals surface area (Å²) in [6.07, 6.45) is 6.34. The first-order chi connectivity index (χ1) is 9.76. The second-order valence-electron chi connectivity index (χ2n) is 5.51. The topological polar surface area (TPSA) is 39.1 Å². The number of methoxy groups -OCH3 is 1. The van der Waals surface area contributed by atoms with Gasteiger partial charge in [0.15, 0.2) is 0 Å². The molecule has 0 saturated heterocycles. The van der Waals surface area contributed by atoms with Crippen molar-refractivity contribution in [2.45, 2.75) is 31.3 Å². The number of aromatic nitrogens is 2. The fourth-order valence-corrected chi connectivity index (χ4v) is 2.87. The minimum Gasteiger partial charge on any atom is -0.496 e. The summed E-state index contributed by atoms with van der Waals surface area (Å²) in [7, 11) is 3.69. The first kappa shape index (κ1) is 13.2. The van der Waals surface area contributed by atoms with E-state index < -0.39 is 0 Å². The Morgan fingerprint density at radius 1 is 1.35 bits per heavy atom. The summed E-state index contributed by atoms with van der Waals surface area (Å²) in [5.74, 6) is 1.64. The summed E-state index contributed by atoms with van der Waals surface area (Å²) in [4.78, 5) is 0. The molecule has 1 aliphatic rings. The van der Waals surface area contributed by atoms with Crippen LogP contribution >= 0.6 is 0 Å². The molecule has 106 valence electrons. The molecule has 1 saturated carbocycles. The zero-order chi connectivity index (χ0) is 13.9. The zero-order valence-electron chi connectivity index (χ0n) is 12.0. The molecule has 0 amide bonds. The number of hydrogen-bond acceptors (Lipinski definition) is 3. The van der Waals surface area contributed by atoms with Crippen molar-refractivity contribution in [1.29, 1.82) is 0 Å². The largest absolute Gasteiger partial charge is 0.496 e. The van der Waals surface area contributed by atoms with Crippen molar-refractivity contribution in [2.24, 2.45) is 7.05 Å². The third kappa shape index (κ3) is 2.70. The summed E-state index contributed by atoms with van der Waals surface area (Å²) in [6.45, 7) is 0.900. The summed E-state index contributed by atoms with van der Waals surface area (Å²) in [6, 6.07) is 8.95. The molecule has 1 aromatic heterocycles. The average Bonchev–Trinajstić information content (AvgIpc) is 2.83. The zero-order valence-corrected chi connectivity index (χ0v) is 12.0. The lowest BCUT2D eigenvalue weighted by molar-refractivity contribution is 0.282. The van der Waals surface area contributed by atoms with Gasteiger partial charge in [-0.15, -0.1) is 0 Å². The highest BCUT2D eigenvalue weighted by Crippen LogP contribution is 2.40. The standard InChI is InChI=1S/C16H21N3O/c1-19-11-12(10-18-19)9-17-14-7-13(8-14)15-5-3-4-6-16(15)20-2/h3-6,10-11,13-14,17H,7-9H2,1-2H3. The van der Waals surface area contributed by atoms with E-state index >= 15 is 0 Å². The number of rotatable bonds is 5. The summed E-state index contributed by atoms with van der Waals surface area (Å²) in [5.41, 5.74) is 2.59. The molecule has 0 bridgehead atoms. The van der Waals surface area contributed by atoms with E-state index in [9.17, 15) is 0 Å². The van der Waals surface area contributed by atoms with Crippen LogP contribution in [0, 0.1) is 0 Å². The van der Waals surface area contributed by atoms with Crippen LogP contribution in [0.5, 0.6) is 5.75 Å². The predicted octanol–water partition coefficient (Wildman–Crippen LogP) is 2.46. The monoisotopic (exact) mass is 271 g/mol. The van der Waals surface area contributed by atoms with Crippen molar-refractivity contribution in [1.82, 2.24) is 15.1 Å². The molecule has 2 aromatic rings. The van der Waals surface area contributed by atoms with Crippen molar-refractivity contribution in [3.8, 4) is 5.75 Å². The summed E-state index contributed by atoms with van der Waals surface area (Å²) in [5, 5.41) is 7.78. The lowest BCUT2D eigenvalue weighted by Gasteiger charge is -2.37. The van der Waals surface area contributed by atoms with Crippen LogP contribution in [0.3, 0.4) is 0 Å². The van der Waals surface area contributed by atoms with Crippen LogP contribution in [-0.2, 0) is 13.6 Å². The average molecular weight is 271 g/mol. The van der Waals surface area contributed by atoms with Gasteiger partial charge in [0.1, 0.15) is 5.75 Å². The number of nitrogens with zero attached hydrogens (tertiary/aromatic N) is 2. The van der Waals surface area contributed by atoms with Crippen molar-refractivity contribution < 1.29 is 4.74 Å². The summed E-state index contributed by atoms with van der Waals surface area (Å²) < 4.78 is 7.28. The van der Waals surface area contributed by atoms with E-state index in [4.69, 9.17) is 4.74 Å². The first-order valence-electron chi connectivity index (χ1n) is 7.10. The molecule has 0 unspecified atom stereocenters. The van der Waals surface area contributed by atoms with Gasteiger partial charge >= 0.3 is 0 Å². The molecular formula is C16H21N3O. The number of nitrogens with one attached hydrogen (secondary N) is 1. The van der Waals surface area contributed by atoms with E-state index in [2.05, 4.69) is 28.7 Å². The maximum absolute atomic E-state index is 5.44. The van der Waals surface area contributed by atoms with Gasteiger partial charge in [-0.1, -0.05) is 18.2 Å². The van der Waals surface area contributed by atoms with E-state index in [0.29, 0.717) is 12.0 Å². The fraction of sp³-hybridized carbons (Fsp3) is 0.438. The van der Waals surface area contributed by atoms with Gasteiger partial charge in [0.05, 0.1) is 13.3 Å². The molecule has 1 heterocycles. The number of para-hydroxylation sites is 1. The Bertz CT molecular complexity index is 573. The molecule has 0 aliphatic heterocycles. The van der Waals surface area contributed by atoms with Crippen molar-refractivity contribution in [2.75, 3.05) is 7.11 Å². The SMILES string of the molecule is COc1ccccc1C1CC(NCc2cnn(C)c2)C1. The van der Waals surface area contributed by atoms with Crippen LogP contribution in [-0.4, -0.2) is 22.9 Å². The molecule has 4 nitrogen and oxygen atoms in total. The van der Waals surface area contributed by atoms with E-state index in [1.165, 1.54) is 24.0 Å². The van der Waals surface area contributed by atoms with Crippen LogP contribution in [0.2, 0.25) is 0 Å². The molecule has 20 heavy (non-hydrogen) atoms. The highest BCUT2D eigenvalue weighted by atomic mass is 16.5. The Morgan fingerprint density at radius 3 is 2.85 bits per heavy atom. The molecule has 1 aliphatic carbocycles. The molecule has 4 heteroatoms. The van der Waals surface area contributed by atoms with Crippen LogP contribution in [0.1, 0.15) is 29.9 Å². The Kier molecular flexibility index (Phi) is 3.74. The third-order valence-electron chi connectivity index (χ3n) is 4.07. The van der Waals surface area contributed by atoms with Gasteiger partial charge in [-0.25, -0.2) is 0 Å². The van der Waals surface area contributed by atoms with Crippen molar-refractivity contribution >= 4 is 0 Å². The van der Waals surface area contributed by atoms with Gasteiger partial charge in [0, 0.05) is 31.4 Å². The van der Waals surface area contributed by atoms with Gasteiger partial charge in [0.25, 0.3) is 0 Å². The molecule has 0 spiro atoms. The minimum atomic E-state index is 0.602. The van der Waals surface area contributed by atoms with Gasteiger partial charge in [-0.2, -0.15) is 5.10 Å². The Labute approximate surface area is 119 Å². The number of benzene rings is 1. The van der Waals surface area contributed by atoms with E-state index in [0.717, 1.165) is 12.3 Å². The van der Waals surface area contributed by atoms with Crippen LogP contribution in [0.25, 0.3) is 0 Å². The molecular weight excluding hydrogens is 250 g/mol. The normalized spacial score (nSPS) is 21.5. The predicted molar refractivity (Wildman–Crippen MR) is 78.8 cm³/mol. The Balaban J connectivity index is 1.51. The number of aryl methyl sites for hydroxylation is 1. The van der Waals surface area contributed by atoms with Crippen LogP contribution < -0.4 is 10.1 Å². The molecule has 3 rings (SSSR count). The minimum absolute atomic E-state index is 0.602. The van der Waals surface area contributed by atoms with Crippen LogP contribution in [0.15, 0.2) is 36.7 Å². The first-order valence-corrected chi connectivity index (χ1v) is 7.10. The number of hydrogen-bond donors (Lipinski definition) is 1. The molecule has 0 radical (unpaired) electrons. The van der Waals surface area contributed by atoms with Crippen molar-refractivity contribution in [3.05, 3.63) is 47.8 Å². The van der Waals surface area contributed by atoms with E-state index in [1.807, 2.05) is 30.1 Å². The lowest BCUT2D eigenvalue weighted by atomic mass is 9.75. The highest BCUT2D eigenvalue weighted by molar-refractivity contribution is 5.37. The van der Waals surface area contributed by atoms with Gasteiger partial charge in [-0.3, -0.25) is 4.68 Å². The quantitative estimate of drug-likeness (QED) is 0.908. The fourth-order valence-electron chi connectivity index (χ4n) is 2.87. The smallest absolute Gasteiger partial charge is 0.122 e. The molecule has 1 aromatic carbocycles. The molecule has 1 fully saturated rings. The molecule has 1 N–H and O–H groups in total. The number of ether oxygens (including phenoxy) is 1. The van der Waals surface area contributed by atoms with Crippen molar-refractivity contribution in [3.63, 3.8) is 0 Å². The maximum atomic E-state index is 5.44. The second-order valence-corrected chi connectivity index (χ2v) is 5.51. The summed E-state index contributed by atoms with van der Waals surface area (Å²) >= 11 is 0.